The molecule has 27 heavy (non-hydrogen) atoms. The van der Waals surface area contributed by atoms with Gasteiger partial charge in [0.05, 0.1) is 11.1 Å². The summed E-state index contributed by atoms with van der Waals surface area (Å²) in [5.74, 6) is 0.869. The normalized spacial score (nSPS) is 17.5. The Morgan fingerprint density at radius 2 is 2.33 bits per heavy atom. The fraction of sp³-hybridized carbons (Fsp3) is 0.550. The first-order valence-corrected chi connectivity index (χ1v) is 11.3. The zero-order valence-electron chi connectivity index (χ0n) is 16.2. The Morgan fingerprint density at radius 1 is 1.56 bits per heavy atom. The number of hydrogen-bond donors (Lipinski definition) is 1. The molecule has 0 unspecified atom stereocenters. The molecule has 0 bridgehead atoms. The van der Waals surface area contributed by atoms with E-state index in [4.69, 9.17) is 4.98 Å². The molecule has 0 saturated heterocycles. The van der Waals surface area contributed by atoms with E-state index < -0.39 is 0 Å². The summed E-state index contributed by atoms with van der Waals surface area (Å²) in [5, 5.41) is 4.33. The third-order valence-corrected chi connectivity index (χ3v) is 7.17. The average molecular weight is 406 g/mol. The minimum atomic E-state index is -0.0341. The van der Waals surface area contributed by atoms with E-state index in [0.717, 1.165) is 35.9 Å². The molecule has 1 N–H and O–H groups in total. The highest BCUT2D eigenvalue weighted by Gasteiger charge is 2.24. The first-order valence-electron chi connectivity index (χ1n) is 9.52. The van der Waals surface area contributed by atoms with Crippen molar-refractivity contribution in [2.75, 3.05) is 5.75 Å². The number of hydrogen-bond acceptors (Lipinski definition) is 5. The lowest BCUT2D eigenvalue weighted by molar-refractivity contribution is -0.119. The van der Waals surface area contributed by atoms with E-state index in [9.17, 15) is 9.59 Å². The quantitative estimate of drug-likeness (QED) is 0.433. The molecule has 7 heteroatoms. The van der Waals surface area contributed by atoms with Crippen molar-refractivity contribution >= 4 is 39.2 Å². The highest BCUT2D eigenvalue weighted by molar-refractivity contribution is 7.99. The molecule has 2 aromatic rings. The van der Waals surface area contributed by atoms with Gasteiger partial charge in [-0.2, -0.15) is 0 Å². The molecule has 1 aliphatic rings. The van der Waals surface area contributed by atoms with Crippen LogP contribution in [0.5, 0.6) is 0 Å². The number of aromatic nitrogens is 2. The number of thioether (sulfide) groups is 1. The molecule has 3 rings (SSSR count). The van der Waals surface area contributed by atoms with Crippen molar-refractivity contribution in [1.29, 1.82) is 0 Å². The number of allylic oxidation sites excluding steroid dienone is 1. The molecule has 1 amide bonds. The van der Waals surface area contributed by atoms with E-state index >= 15 is 0 Å². The van der Waals surface area contributed by atoms with Crippen LogP contribution >= 0.6 is 23.1 Å². The largest absolute Gasteiger partial charge is 0.353 e. The van der Waals surface area contributed by atoms with Gasteiger partial charge in [-0.3, -0.25) is 14.2 Å². The smallest absolute Gasteiger partial charge is 0.263 e. The molecule has 5 nitrogen and oxygen atoms in total. The molecular formula is C20H27N3O2S2. The van der Waals surface area contributed by atoms with E-state index in [1.54, 1.807) is 22.0 Å². The average Bonchev–Trinajstić information content (AvgIpc) is 2.99. The van der Waals surface area contributed by atoms with Gasteiger partial charge < -0.3 is 5.32 Å². The van der Waals surface area contributed by atoms with Crippen LogP contribution < -0.4 is 10.9 Å². The maximum absolute atomic E-state index is 13.2. The Morgan fingerprint density at radius 3 is 3.04 bits per heavy atom. The molecule has 2 atom stereocenters. The van der Waals surface area contributed by atoms with Gasteiger partial charge in [0.25, 0.3) is 5.56 Å². The maximum Gasteiger partial charge on any atom is 0.263 e. The number of nitrogens with one attached hydrogen (secondary N) is 1. The summed E-state index contributed by atoms with van der Waals surface area (Å²) >= 11 is 2.96. The van der Waals surface area contributed by atoms with Gasteiger partial charge in [0, 0.05) is 17.5 Å². The number of thiophene rings is 1. The highest BCUT2D eigenvalue weighted by atomic mass is 32.2. The second-order valence-corrected chi connectivity index (χ2v) is 9.32. The van der Waals surface area contributed by atoms with Crippen LogP contribution in [-0.2, 0) is 24.2 Å². The summed E-state index contributed by atoms with van der Waals surface area (Å²) < 4.78 is 1.65. The topological polar surface area (TPSA) is 64.0 Å². The van der Waals surface area contributed by atoms with Crippen molar-refractivity contribution in [3.63, 3.8) is 0 Å². The van der Waals surface area contributed by atoms with Crippen LogP contribution in [0.3, 0.4) is 0 Å². The van der Waals surface area contributed by atoms with Crippen LogP contribution in [-0.4, -0.2) is 27.3 Å². The lowest BCUT2D eigenvalue weighted by Gasteiger charge is -2.17. The molecule has 2 aromatic heterocycles. The van der Waals surface area contributed by atoms with Crippen LogP contribution in [0.4, 0.5) is 0 Å². The number of carbonyl (C=O) groups is 1. The van der Waals surface area contributed by atoms with Crippen LogP contribution in [0, 0.1) is 5.92 Å². The van der Waals surface area contributed by atoms with Gasteiger partial charge in [0.2, 0.25) is 5.91 Å². The standard InChI is InChI=1S/C20H27N3O2S2/c1-5-9-23-19(25)17-14-8-7-12(3)10-15(14)27-18(17)22-20(23)26-11-16(24)21-13(4)6-2/h5,12-13H,1,6-11H2,2-4H3,(H,21,24)/t12-,13+/m0/s1. The predicted octanol–water partition coefficient (Wildman–Crippen LogP) is 3.78. The SMILES string of the molecule is C=CCn1c(SCC(=O)N[C@H](C)CC)nc2sc3c(c2c1=O)CC[C@H](C)C3. The summed E-state index contributed by atoms with van der Waals surface area (Å²) in [6.07, 6.45) is 5.69. The number of nitrogens with zero attached hydrogens (tertiary/aromatic N) is 2. The number of aryl methyl sites for hydroxylation is 1. The van der Waals surface area contributed by atoms with Crippen LogP contribution in [0.25, 0.3) is 10.2 Å². The molecule has 1 aliphatic carbocycles. The summed E-state index contributed by atoms with van der Waals surface area (Å²) in [7, 11) is 0. The third-order valence-electron chi connectivity index (χ3n) is 5.04. The summed E-state index contributed by atoms with van der Waals surface area (Å²) in [4.78, 5) is 32.2. The zero-order valence-corrected chi connectivity index (χ0v) is 17.8. The van der Waals surface area contributed by atoms with E-state index in [0.29, 0.717) is 17.6 Å². The van der Waals surface area contributed by atoms with E-state index in [2.05, 4.69) is 18.8 Å². The van der Waals surface area contributed by atoms with Crippen LogP contribution in [0.1, 0.15) is 44.1 Å². The summed E-state index contributed by atoms with van der Waals surface area (Å²) in [6.45, 7) is 10.5. The third kappa shape index (κ3) is 4.29. The first kappa shape index (κ1) is 20.1. The van der Waals surface area contributed by atoms with Gasteiger partial charge in [-0.1, -0.05) is 31.7 Å². The Kier molecular flexibility index (Phi) is 6.42. The monoisotopic (exact) mass is 405 g/mol. The fourth-order valence-corrected chi connectivity index (χ4v) is 5.60. The van der Waals surface area contributed by atoms with Crippen molar-refractivity contribution in [1.82, 2.24) is 14.9 Å². The van der Waals surface area contributed by atoms with Gasteiger partial charge in [0.15, 0.2) is 5.16 Å². The molecular weight excluding hydrogens is 378 g/mol. The molecule has 0 saturated carbocycles. The van der Waals surface area contributed by atoms with E-state index in [-0.39, 0.29) is 23.3 Å². The number of amides is 1. The predicted molar refractivity (Wildman–Crippen MR) is 114 cm³/mol. The zero-order chi connectivity index (χ0) is 19.6. The second-order valence-electron chi connectivity index (χ2n) is 7.30. The number of carbonyl (C=O) groups excluding carboxylic acids is 1. The van der Waals surface area contributed by atoms with Crippen molar-refractivity contribution in [2.45, 2.75) is 64.2 Å². The highest BCUT2D eigenvalue weighted by Crippen LogP contribution is 2.36. The van der Waals surface area contributed by atoms with Gasteiger partial charge in [-0.25, -0.2) is 4.98 Å². The van der Waals surface area contributed by atoms with Crippen molar-refractivity contribution < 1.29 is 4.79 Å². The molecule has 0 radical (unpaired) electrons. The Labute approximate surface area is 168 Å². The molecule has 0 aliphatic heterocycles. The molecule has 146 valence electrons. The first-order chi connectivity index (χ1) is 12.9. The summed E-state index contributed by atoms with van der Waals surface area (Å²) in [6, 6.07) is 0.148. The van der Waals surface area contributed by atoms with Gasteiger partial charge in [-0.15, -0.1) is 17.9 Å². The number of fused-ring (bicyclic) bond motifs is 3. The lowest BCUT2D eigenvalue weighted by atomic mass is 9.89. The summed E-state index contributed by atoms with van der Waals surface area (Å²) in [5.41, 5.74) is 1.19. The minimum Gasteiger partial charge on any atom is -0.353 e. The maximum atomic E-state index is 13.2. The Bertz CT molecular complexity index is 916. The van der Waals surface area contributed by atoms with Crippen LogP contribution in [0.2, 0.25) is 0 Å². The van der Waals surface area contributed by atoms with Gasteiger partial charge in [-0.05, 0) is 44.1 Å². The van der Waals surface area contributed by atoms with E-state index in [1.807, 2.05) is 13.8 Å². The Hall–Kier alpha value is -1.60. The molecule has 0 fully saturated rings. The van der Waals surface area contributed by atoms with Crippen LogP contribution in [0.15, 0.2) is 22.6 Å². The molecule has 2 heterocycles. The molecule has 0 aromatic carbocycles. The van der Waals surface area contributed by atoms with Crippen molar-refractivity contribution in [3.8, 4) is 0 Å². The van der Waals surface area contributed by atoms with Crippen molar-refractivity contribution in [3.05, 3.63) is 33.4 Å². The Balaban J connectivity index is 1.95. The number of rotatable bonds is 7. The van der Waals surface area contributed by atoms with Gasteiger partial charge in [0.1, 0.15) is 4.83 Å². The van der Waals surface area contributed by atoms with E-state index in [1.165, 1.54) is 22.2 Å². The fourth-order valence-electron chi connectivity index (χ4n) is 3.35. The minimum absolute atomic E-state index is 0.00297. The lowest BCUT2D eigenvalue weighted by Crippen LogP contribution is -2.33. The van der Waals surface area contributed by atoms with Crippen molar-refractivity contribution in [2.24, 2.45) is 5.92 Å². The van der Waals surface area contributed by atoms with Gasteiger partial charge >= 0.3 is 0 Å². The molecule has 0 spiro atoms. The second kappa shape index (κ2) is 8.61.